The lowest BCUT2D eigenvalue weighted by molar-refractivity contribution is -0.124. The summed E-state index contributed by atoms with van der Waals surface area (Å²) in [6.45, 7) is 5.44. The second-order valence-electron chi connectivity index (χ2n) is 5.36. The Bertz CT molecular complexity index is 411. The Morgan fingerprint density at radius 3 is 2.58 bits per heavy atom. The molecule has 1 rings (SSSR count). The molecule has 0 aliphatic carbocycles. The van der Waals surface area contributed by atoms with Gasteiger partial charge in [0.2, 0.25) is 5.91 Å². The number of amides is 2. The Morgan fingerprint density at radius 1 is 1.47 bits per heavy atom. The first-order chi connectivity index (χ1) is 8.78. The Kier molecular flexibility index (Phi) is 4.61. The van der Waals surface area contributed by atoms with Crippen LogP contribution in [0.15, 0.2) is 5.11 Å². The van der Waals surface area contributed by atoms with Gasteiger partial charge in [0.25, 0.3) is 0 Å². The van der Waals surface area contributed by atoms with Crippen molar-refractivity contribution in [2.75, 3.05) is 13.6 Å². The van der Waals surface area contributed by atoms with Crippen molar-refractivity contribution >= 4 is 12.0 Å². The van der Waals surface area contributed by atoms with Gasteiger partial charge in [-0.05, 0) is 32.7 Å². The van der Waals surface area contributed by atoms with Gasteiger partial charge in [-0.25, -0.2) is 4.79 Å². The molecular weight excluding hydrogens is 250 g/mol. The fourth-order valence-corrected chi connectivity index (χ4v) is 1.91. The van der Waals surface area contributed by atoms with Crippen molar-refractivity contribution < 1.29 is 14.3 Å². The summed E-state index contributed by atoms with van der Waals surface area (Å²) in [4.78, 5) is 27.8. The maximum atomic E-state index is 12.0. The van der Waals surface area contributed by atoms with Crippen LogP contribution < -0.4 is 5.32 Å². The largest absolute Gasteiger partial charge is 0.444 e. The number of likely N-dealkylation sites (tertiary alicyclic amines) is 1. The lowest BCUT2D eigenvalue weighted by atomic mass is 10.1. The number of rotatable bonds is 2. The van der Waals surface area contributed by atoms with Crippen LogP contribution in [0.3, 0.4) is 0 Å². The molecule has 1 aliphatic heterocycles. The molecule has 0 radical (unpaired) electrons. The molecule has 8 nitrogen and oxygen atoms in total. The molecular formula is C11H19N5O3. The Morgan fingerprint density at radius 2 is 2.11 bits per heavy atom. The first-order valence-corrected chi connectivity index (χ1v) is 6.04. The van der Waals surface area contributed by atoms with E-state index in [0.29, 0.717) is 6.42 Å². The predicted octanol–water partition coefficient (Wildman–Crippen LogP) is 1.42. The fraction of sp³-hybridized carbons (Fsp3) is 0.818. The number of carbonyl (C=O) groups excluding carboxylic acids is 2. The molecule has 0 aromatic heterocycles. The van der Waals surface area contributed by atoms with Gasteiger partial charge in [-0.2, -0.15) is 0 Å². The minimum absolute atomic E-state index is 0.192. The Hall–Kier alpha value is -1.95. The quantitative estimate of drug-likeness (QED) is 0.465. The second kappa shape index (κ2) is 5.79. The summed E-state index contributed by atoms with van der Waals surface area (Å²) in [6, 6.07) is -1.06. The molecule has 0 aromatic rings. The van der Waals surface area contributed by atoms with Gasteiger partial charge in [0, 0.05) is 18.5 Å². The molecule has 1 heterocycles. The molecule has 2 atom stereocenters. The molecule has 8 heteroatoms. The maximum Gasteiger partial charge on any atom is 0.410 e. The second-order valence-corrected chi connectivity index (χ2v) is 5.36. The van der Waals surface area contributed by atoms with Crippen LogP contribution in [0.5, 0.6) is 0 Å². The number of ether oxygens (including phenoxy) is 1. The topological polar surface area (TPSA) is 107 Å². The molecule has 106 valence electrons. The third-order valence-electron chi connectivity index (χ3n) is 2.67. The van der Waals surface area contributed by atoms with Crippen molar-refractivity contribution in [3.63, 3.8) is 0 Å². The van der Waals surface area contributed by atoms with Gasteiger partial charge in [0.15, 0.2) is 0 Å². The molecule has 1 saturated heterocycles. The number of nitrogens with one attached hydrogen (secondary N) is 1. The average Bonchev–Trinajstić information content (AvgIpc) is 2.70. The Labute approximate surface area is 111 Å². The fourth-order valence-electron chi connectivity index (χ4n) is 1.91. The van der Waals surface area contributed by atoms with E-state index in [1.165, 1.54) is 11.9 Å². The highest BCUT2D eigenvalue weighted by Gasteiger charge is 2.40. The van der Waals surface area contributed by atoms with E-state index in [9.17, 15) is 9.59 Å². The van der Waals surface area contributed by atoms with Gasteiger partial charge in [-0.3, -0.25) is 9.69 Å². The van der Waals surface area contributed by atoms with Crippen LogP contribution in [-0.4, -0.2) is 48.2 Å². The van der Waals surface area contributed by atoms with E-state index in [-0.39, 0.29) is 12.5 Å². The lowest BCUT2D eigenvalue weighted by Crippen LogP contribution is -2.46. The smallest absolute Gasteiger partial charge is 0.410 e. The van der Waals surface area contributed by atoms with Crippen LogP contribution in [0.2, 0.25) is 0 Å². The van der Waals surface area contributed by atoms with Gasteiger partial charge < -0.3 is 10.1 Å². The van der Waals surface area contributed by atoms with E-state index in [2.05, 4.69) is 15.3 Å². The summed E-state index contributed by atoms with van der Waals surface area (Å²) in [5, 5.41) is 6.06. The van der Waals surface area contributed by atoms with Gasteiger partial charge >= 0.3 is 6.09 Å². The first-order valence-electron chi connectivity index (χ1n) is 6.04. The Balaban J connectivity index is 2.85. The highest BCUT2D eigenvalue weighted by molar-refractivity contribution is 5.86. The molecule has 1 aliphatic rings. The summed E-state index contributed by atoms with van der Waals surface area (Å²) in [5.74, 6) is -0.290. The molecule has 2 amide bonds. The lowest BCUT2D eigenvalue weighted by Gasteiger charge is -2.27. The molecule has 0 aromatic carbocycles. The van der Waals surface area contributed by atoms with E-state index in [4.69, 9.17) is 10.3 Å². The van der Waals surface area contributed by atoms with Crippen molar-refractivity contribution in [3.05, 3.63) is 10.4 Å². The number of hydrogen-bond acceptors (Lipinski definition) is 4. The normalized spacial score (nSPS) is 22.6. The van der Waals surface area contributed by atoms with Gasteiger partial charge in [-0.15, -0.1) is 0 Å². The zero-order chi connectivity index (χ0) is 14.6. The molecule has 0 saturated carbocycles. The number of carbonyl (C=O) groups is 2. The van der Waals surface area contributed by atoms with E-state index >= 15 is 0 Å². The van der Waals surface area contributed by atoms with E-state index < -0.39 is 23.8 Å². The highest BCUT2D eigenvalue weighted by Crippen LogP contribution is 2.23. The summed E-state index contributed by atoms with van der Waals surface area (Å²) in [7, 11) is 1.50. The number of likely N-dealkylation sites (N-methyl/N-ethyl adjacent to an activating group) is 1. The van der Waals surface area contributed by atoms with Gasteiger partial charge in [0.1, 0.15) is 11.6 Å². The molecule has 1 N–H and O–H groups in total. The summed E-state index contributed by atoms with van der Waals surface area (Å²) < 4.78 is 5.25. The summed E-state index contributed by atoms with van der Waals surface area (Å²) in [6.07, 6.45) is -0.264. The number of hydrogen-bond donors (Lipinski definition) is 1. The minimum Gasteiger partial charge on any atom is -0.444 e. The molecule has 0 bridgehead atoms. The van der Waals surface area contributed by atoms with Crippen LogP contribution in [0.25, 0.3) is 10.4 Å². The van der Waals surface area contributed by atoms with Crippen LogP contribution in [0.1, 0.15) is 27.2 Å². The van der Waals surface area contributed by atoms with Gasteiger partial charge in [0.05, 0.1) is 6.04 Å². The highest BCUT2D eigenvalue weighted by atomic mass is 16.6. The van der Waals surface area contributed by atoms with Crippen LogP contribution in [0, 0.1) is 0 Å². The average molecular weight is 269 g/mol. The number of azide groups is 1. The van der Waals surface area contributed by atoms with Gasteiger partial charge in [-0.1, -0.05) is 5.11 Å². The summed E-state index contributed by atoms with van der Waals surface area (Å²) in [5.41, 5.74) is 7.81. The minimum atomic E-state index is -0.657. The van der Waals surface area contributed by atoms with Crippen LogP contribution in [0.4, 0.5) is 4.79 Å². The SMILES string of the molecule is CNC(=O)C1C[C@@H](N=[N+]=[N-])CN1C(=O)OC(C)(C)C. The van der Waals surface area contributed by atoms with Crippen molar-refractivity contribution in [1.29, 1.82) is 0 Å². The summed E-state index contributed by atoms with van der Waals surface area (Å²) >= 11 is 0. The predicted molar refractivity (Wildman–Crippen MR) is 68.3 cm³/mol. The van der Waals surface area contributed by atoms with Crippen molar-refractivity contribution in [3.8, 4) is 0 Å². The van der Waals surface area contributed by atoms with Crippen molar-refractivity contribution in [1.82, 2.24) is 10.2 Å². The van der Waals surface area contributed by atoms with E-state index in [0.717, 1.165) is 0 Å². The molecule has 1 fully saturated rings. The van der Waals surface area contributed by atoms with Crippen LogP contribution >= 0.6 is 0 Å². The monoisotopic (exact) mass is 269 g/mol. The van der Waals surface area contributed by atoms with E-state index in [1.54, 1.807) is 20.8 Å². The molecule has 0 spiro atoms. The first kappa shape index (κ1) is 15.1. The zero-order valence-corrected chi connectivity index (χ0v) is 11.6. The number of nitrogens with zero attached hydrogens (tertiary/aromatic N) is 4. The van der Waals surface area contributed by atoms with Crippen molar-refractivity contribution in [2.45, 2.75) is 44.9 Å². The zero-order valence-electron chi connectivity index (χ0n) is 11.6. The third kappa shape index (κ3) is 4.03. The standard InChI is InChI=1S/C11H19N5O3/c1-11(2,3)19-10(18)16-6-7(14-15-12)5-8(16)9(17)13-4/h7-8H,5-6H2,1-4H3,(H,13,17)/t7-,8?/m1/s1. The van der Waals surface area contributed by atoms with E-state index in [1.807, 2.05) is 0 Å². The molecule has 1 unspecified atom stereocenters. The molecule has 19 heavy (non-hydrogen) atoms. The van der Waals surface area contributed by atoms with Crippen molar-refractivity contribution in [2.24, 2.45) is 5.11 Å². The third-order valence-corrected chi connectivity index (χ3v) is 2.67. The van der Waals surface area contributed by atoms with Crippen LogP contribution in [-0.2, 0) is 9.53 Å². The maximum absolute atomic E-state index is 12.0.